The van der Waals surface area contributed by atoms with E-state index in [4.69, 9.17) is 4.99 Å². The van der Waals surface area contributed by atoms with Crippen molar-refractivity contribution in [3.63, 3.8) is 0 Å². The van der Waals surface area contributed by atoms with E-state index in [1.807, 2.05) is 13.8 Å². The van der Waals surface area contributed by atoms with Crippen LogP contribution in [0.2, 0.25) is 0 Å². The minimum atomic E-state index is -0.270. The quantitative estimate of drug-likeness (QED) is 0.489. The highest BCUT2D eigenvalue weighted by Gasteiger charge is 2.33. The van der Waals surface area contributed by atoms with Gasteiger partial charge in [0.15, 0.2) is 5.78 Å². The van der Waals surface area contributed by atoms with Gasteiger partial charge in [-0.2, -0.15) is 0 Å². The van der Waals surface area contributed by atoms with Gasteiger partial charge < -0.3 is 5.32 Å². The third-order valence-corrected chi connectivity index (χ3v) is 6.31. The SMILES string of the molecule is CCCC(=O)c1cc(-c2ccc3c4c(ccc3c2)N=C(C)C4(C)C)cc(C(=O)NCC)n1. The molecule has 4 rings (SSSR count). The third kappa shape index (κ3) is 3.72. The molecule has 2 heterocycles. The predicted molar refractivity (Wildman–Crippen MR) is 130 cm³/mol. The Hall–Kier alpha value is -3.34. The highest BCUT2D eigenvalue weighted by atomic mass is 16.2. The summed E-state index contributed by atoms with van der Waals surface area (Å²) < 4.78 is 0. The van der Waals surface area contributed by atoms with E-state index < -0.39 is 0 Å². The number of rotatable bonds is 6. The number of amides is 1. The van der Waals surface area contributed by atoms with E-state index in [9.17, 15) is 9.59 Å². The summed E-state index contributed by atoms with van der Waals surface area (Å²) in [5.74, 6) is -0.319. The highest BCUT2D eigenvalue weighted by Crippen LogP contribution is 2.44. The number of aliphatic imine (C=N–C) groups is 1. The number of carbonyl (C=O) groups excluding carboxylic acids is 2. The van der Waals surface area contributed by atoms with E-state index >= 15 is 0 Å². The first-order valence-electron chi connectivity index (χ1n) is 11.2. The lowest BCUT2D eigenvalue weighted by atomic mass is 9.79. The van der Waals surface area contributed by atoms with E-state index in [0.29, 0.717) is 18.7 Å². The molecule has 5 nitrogen and oxygen atoms in total. The van der Waals surface area contributed by atoms with Crippen LogP contribution in [0.25, 0.3) is 21.9 Å². The molecule has 1 amide bonds. The van der Waals surface area contributed by atoms with Gasteiger partial charge in [0.25, 0.3) is 5.91 Å². The van der Waals surface area contributed by atoms with Gasteiger partial charge >= 0.3 is 0 Å². The van der Waals surface area contributed by atoms with Crippen molar-refractivity contribution in [3.05, 3.63) is 59.4 Å². The molecule has 1 N–H and O–H groups in total. The molecule has 1 aromatic heterocycles. The Kier molecular flexibility index (Phi) is 5.68. The second-order valence-electron chi connectivity index (χ2n) is 8.88. The smallest absolute Gasteiger partial charge is 0.269 e. The number of benzene rings is 2. The van der Waals surface area contributed by atoms with Crippen LogP contribution in [0.1, 0.15) is 74.0 Å². The van der Waals surface area contributed by atoms with Crippen molar-refractivity contribution in [2.45, 2.75) is 52.9 Å². The zero-order valence-electron chi connectivity index (χ0n) is 19.4. The Labute approximate surface area is 189 Å². The van der Waals surface area contributed by atoms with Gasteiger partial charge in [-0.15, -0.1) is 0 Å². The van der Waals surface area contributed by atoms with Crippen LogP contribution in [0.3, 0.4) is 0 Å². The summed E-state index contributed by atoms with van der Waals surface area (Å²) >= 11 is 0. The molecule has 0 saturated heterocycles. The van der Waals surface area contributed by atoms with Crippen molar-refractivity contribution in [3.8, 4) is 11.1 Å². The fourth-order valence-electron chi connectivity index (χ4n) is 4.31. The maximum absolute atomic E-state index is 12.6. The van der Waals surface area contributed by atoms with Crippen molar-refractivity contribution in [2.75, 3.05) is 6.54 Å². The summed E-state index contributed by atoms with van der Waals surface area (Å²) in [7, 11) is 0. The molecule has 0 spiro atoms. The fraction of sp³-hybridized carbons (Fsp3) is 0.333. The Morgan fingerprint density at radius 2 is 1.72 bits per heavy atom. The second-order valence-corrected chi connectivity index (χ2v) is 8.88. The van der Waals surface area contributed by atoms with Crippen LogP contribution in [0.15, 0.2) is 47.5 Å². The molecule has 5 heteroatoms. The predicted octanol–water partition coefficient (Wildman–Crippen LogP) is 6.02. The summed E-state index contributed by atoms with van der Waals surface area (Å²) in [5.41, 5.74) is 5.65. The van der Waals surface area contributed by atoms with Gasteiger partial charge in [-0.05, 0) is 72.0 Å². The van der Waals surface area contributed by atoms with Crippen molar-refractivity contribution in [1.29, 1.82) is 0 Å². The molecule has 2 aromatic carbocycles. The maximum atomic E-state index is 12.6. The number of aromatic nitrogens is 1. The van der Waals surface area contributed by atoms with Gasteiger partial charge in [-0.1, -0.05) is 39.0 Å². The van der Waals surface area contributed by atoms with Crippen LogP contribution in [-0.4, -0.2) is 28.9 Å². The van der Waals surface area contributed by atoms with Crippen molar-refractivity contribution < 1.29 is 9.59 Å². The van der Waals surface area contributed by atoms with Gasteiger partial charge in [0.2, 0.25) is 0 Å². The molecule has 164 valence electrons. The number of nitrogens with one attached hydrogen (secondary N) is 1. The zero-order valence-corrected chi connectivity index (χ0v) is 19.4. The van der Waals surface area contributed by atoms with Gasteiger partial charge in [-0.25, -0.2) is 4.98 Å². The number of carbonyl (C=O) groups is 2. The Balaban J connectivity index is 1.84. The van der Waals surface area contributed by atoms with Crippen molar-refractivity contribution in [2.24, 2.45) is 4.99 Å². The Bertz CT molecular complexity index is 1240. The zero-order chi connectivity index (χ0) is 23.0. The van der Waals surface area contributed by atoms with Gasteiger partial charge in [-0.3, -0.25) is 14.6 Å². The molecule has 1 aliphatic rings. The lowest BCUT2D eigenvalue weighted by Crippen LogP contribution is -2.24. The normalized spacial score (nSPS) is 14.2. The van der Waals surface area contributed by atoms with Crippen molar-refractivity contribution >= 4 is 33.9 Å². The van der Waals surface area contributed by atoms with Crippen LogP contribution in [-0.2, 0) is 5.41 Å². The topological polar surface area (TPSA) is 71.4 Å². The lowest BCUT2D eigenvalue weighted by Gasteiger charge is -2.22. The van der Waals surface area contributed by atoms with E-state index in [2.05, 4.69) is 61.4 Å². The largest absolute Gasteiger partial charge is 0.351 e. The molecular formula is C27H29N3O2. The average molecular weight is 428 g/mol. The first kappa shape index (κ1) is 21.9. The van der Waals surface area contributed by atoms with Crippen LogP contribution in [0.4, 0.5) is 5.69 Å². The molecule has 0 fully saturated rings. The molecule has 1 aliphatic heterocycles. The monoisotopic (exact) mass is 427 g/mol. The van der Waals surface area contributed by atoms with E-state index in [1.165, 1.54) is 10.9 Å². The number of pyridine rings is 1. The molecule has 32 heavy (non-hydrogen) atoms. The standard InChI is InChI=1S/C27H29N3O2/c1-6-8-24(31)22-14-19(15-23(30-22)26(32)28-7-2)17-9-11-20-18(13-17)10-12-21-25(20)27(4,5)16(3)29-21/h9-15H,6-8H2,1-5H3,(H,28,32). The Morgan fingerprint density at radius 3 is 2.44 bits per heavy atom. The third-order valence-electron chi connectivity index (χ3n) is 6.31. The summed E-state index contributed by atoms with van der Waals surface area (Å²) in [4.78, 5) is 34.2. The van der Waals surface area contributed by atoms with Crippen LogP contribution < -0.4 is 5.32 Å². The van der Waals surface area contributed by atoms with E-state index in [-0.39, 0.29) is 22.8 Å². The van der Waals surface area contributed by atoms with Gasteiger partial charge in [0.1, 0.15) is 11.4 Å². The summed E-state index contributed by atoms with van der Waals surface area (Å²) in [6.07, 6.45) is 1.14. The van der Waals surface area contributed by atoms with E-state index in [1.54, 1.807) is 12.1 Å². The molecule has 0 bridgehead atoms. The first-order chi connectivity index (χ1) is 15.3. The summed E-state index contributed by atoms with van der Waals surface area (Å²) in [6, 6.07) is 14.0. The molecular weight excluding hydrogens is 398 g/mol. The van der Waals surface area contributed by atoms with Crippen LogP contribution >= 0.6 is 0 Å². The number of ketones is 1. The number of Topliss-reactive ketones (excluding diaryl/α,β-unsaturated/α-hetero) is 1. The number of nitrogens with zero attached hydrogens (tertiary/aromatic N) is 2. The minimum Gasteiger partial charge on any atom is -0.351 e. The number of fused-ring (bicyclic) bond motifs is 3. The molecule has 0 unspecified atom stereocenters. The van der Waals surface area contributed by atoms with Gasteiger partial charge in [0.05, 0.1) is 5.69 Å². The van der Waals surface area contributed by atoms with Crippen LogP contribution in [0, 0.1) is 0 Å². The summed E-state index contributed by atoms with van der Waals surface area (Å²) in [6.45, 7) is 10.8. The van der Waals surface area contributed by atoms with E-state index in [0.717, 1.165) is 34.3 Å². The molecule has 0 radical (unpaired) electrons. The molecule has 0 saturated carbocycles. The second kappa shape index (κ2) is 8.30. The molecule has 0 aliphatic carbocycles. The molecule has 3 aromatic rings. The average Bonchev–Trinajstić information content (AvgIpc) is 3.01. The number of hydrogen-bond donors (Lipinski definition) is 1. The highest BCUT2D eigenvalue weighted by molar-refractivity contribution is 6.07. The fourth-order valence-corrected chi connectivity index (χ4v) is 4.31. The Morgan fingerprint density at radius 1 is 0.969 bits per heavy atom. The molecule has 0 atom stereocenters. The maximum Gasteiger partial charge on any atom is 0.269 e. The van der Waals surface area contributed by atoms with Crippen LogP contribution in [0.5, 0.6) is 0 Å². The first-order valence-corrected chi connectivity index (χ1v) is 11.2. The summed E-state index contributed by atoms with van der Waals surface area (Å²) in [5, 5.41) is 5.07. The number of hydrogen-bond acceptors (Lipinski definition) is 4. The van der Waals surface area contributed by atoms with Crippen molar-refractivity contribution in [1.82, 2.24) is 10.3 Å². The van der Waals surface area contributed by atoms with Gasteiger partial charge in [0, 0.05) is 24.1 Å². The lowest BCUT2D eigenvalue weighted by molar-refractivity contribution is 0.0950. The minimum absolute atomic E-state index is 0.0483.